The minimum atomic E-state index is -0.216. The van der Waals surface area contributed by atoms with Crippen LogP contribution in [0, 0.1) is 0 Å². The van der Waals surface area contributed by atoms with Crippen molar-refractivity contribution < 1.29 is 33.3 Å². The van der Waals surface area contributed by atoms with Gasteiger partial charge in [0.25, 0.3) is 0 Å². The van der Waals surface area contributed by atoms with Crippen LogP contribution in [0.25, 0.3) is 22.0 Å². The molecule has 47 heavy (non-hydrogen) atoms. The third kappa shape index (κ3) is 11.4. The van der Waals surface area contributed by atoms with Gasteiger partial charge in [-0.1, -0.05) is 31.0 Å². The number of aryl methyl sites for hydroxylation is 1. The molecule has 8 heteroatoms. The number of H-pyrrole nitrogens is 1. The van der Waals surface area contributed by atoms with Gasteiger partial charge in [-0.05, 0) is 117 Å². The molecule has 0 amide bonds. The number of hydrogen-bond donors (Lipinski definition) is 1. The van der Waals surface area contributed by atoms with E-state index in [1.165, 1.54) is 10.9 Å². The van der Waals surface area contributed by atoms with Crippen LogP contribution in [0.4, 0.5) is 0 Å². The summed E-state index contributed by atoms with van der Waals surface area (Å²) in [7, 11) is 0. The lowest BCUT2D eigenvalue weighted by Gasteiger charge is -2.16. The number of ether oxygens (including phenoxy) is 5. The SMILES string of the molecule is CCOC(=O)CCCOc1cccc(CCCCCCOc2cc(OCC)cc(-c3ccc4[nH]ccc4c3)c2)c1CCC(=O)OCC. The van der Waals surface area contributed by atoms with E-state index in [1.54, 1.807) is 6.92 Å². The van der Waals surface area contributed by atoms with Gasteiger partial charge >= 0.3 is 11.9 Å². The standard InChI is InChI=1S/C39H49NO7/c1-4-43-33-26-32(30-17-19-36-31(25-30)21-22-40-36)27-34(28-33)46-23-10-8-7-9-13-29-14-11-15-37(35(29)18-20-39(42)45-6-3)47-24-12-16-38(41)44-5-2/h11,14-15,17,19,21-22,25-28,40H,4-10,12-13,16,18,20,23-24H2,1-3H3. The highest BCUT2D eigenvalue weighted by Crippen LogP contribution is 2.32. The fraction of sp³-hybridized carbons (Fsp3) is 0.436. The van der Waals surface area contributed by atoms with Crippen LogP contribution in [0.15, 0.2) is 66.9 Å². The smallest absolute Gasteiger partial charge is 0.306 e. The lowest BCUT2D eigenvalue weighted by atomic mass is 9.96. The van der Waals surface area contributed by atoms with Gasteiger partial charge < -0.3 is 28.7 Å². The number of fused-ring (bicyclic) bond motifs is 1. The molecule has 3 aromatic carbocycles. The number of nitrogens with one attached hydrogen (secondary N) is 1. The molecular weight excluding hydrogens is 594 g/mol. The molecule has 0 bridgehead atoms. The van der Waals surface area contributed by atoms with Crippen LogP contribution in [0.3, 0.4) is 0 Å². The predicted molar refractivity (Wildman–Crippen MR) is 185 cm³/mol. The van der Waals surface area contributed by atoms with Crippen molar-refractivity contribution in [1.29, 1.82) is 0 Å². The number of rotatable bonds is 21. The summed E-state index contributed by atoms with van der Waals surface area (Å²) in [6.07, 6.45) is 8.66. The van der Waals surface area contributed by atoms with Crippen LogP contribution in [0.1, 0.15) is 76.8 Å². The molecule has 252 valence electrons. The second-order valence-electron chi connectivity index (χ2n) is 11.4. The van der Waals surface area contributed by atoms with E-state index in [1.807, 2.05) is 38.2 Å². The lowest BCUT2D eigenvalue weighted by Crippen LogP contribution is -2.10. The first-order valence-electron chi connectivity index (χ1n) is 17.0. The first-order chi connectivity index (χ1) is 23.0. The predicted octanol–water partition coefficient (Wildman–Crippen LogP) is 8.63. The minimum absolute atomic E-state index is 0.212. The molecule has 1 heterocycles. The van der Waals surface area contributed by atoms with E-state index in [9.17, 15) is 9.59 Å². The number of hydrogen-bond acceptors (Lipinski definition) is 7. The van der Waals surface area contributed by atoms with Crippen molar-refractivity contribution in [2.24, 2.45) is 0 Å². The van der Waals surface area contributed by atoms with E-state index >= 15 is 0 Å². The number of carbonyl (C=O) groups excluding carboxylic acids is 2. The summed E-state index contributed by atoms with van der Waals surface area (Å²) in [5, 5.41) is 1.17. The van der Waals surface area contributed by atoms with Crippen molar-refractivity contribution in [3.8, 4) is 28.4 Å². The van der Waals surface area contributed by atoms with Crippen LogP contribution in [0.2, 0.25) is 0 Å². The van der Waals surface area contributed by atoms with E-state index in [4.69, 9.17) is 23.7 Å². The highest BCUT2D eigenvalue weighted by molar-refractivity contribution is 5.85. The van der Waals surface area contributed by atoms with Gasteiger partial charge in [0.2, 0.25) is 0 Å². The van der Waals surface area contributed by atoms with Crippen LogP contribution >= 0.6 is 0 Å². The minimum Gasteiger partial charge on any atom is -0.494 e. The highest BCUT2D eigenvalue weighted by atomic mass is 16.5. The van der Waals surface area contributed by atoms with Crippen molar-refractivity contribution in [2.75, 3.05) is 33.0 Å². The van der Waals surface area contributed by atoms with Gasteiger partial charge in [0.15, 0.2) is 0 Å². The molecule has 1 aromatic heterocycles. The van der Waals surface area contributed by atoms with Gasteiger partial charge in [-0.3, -0.25) is 9.59 Å². The largest absolute Gasteiger partial charge is 0.494 e. The zero-order valence-electron chi connectivity index (χ0n) is 28.1. The average Bonchev–Trinajstić information content (AvgIpc) is 3.54. The van der Waals surface area contributed by atoms with Crippen molar-refractivity contribution in [2.45, 2.75) is 78.6 Å². The maximum atomic E-state index is 12.1. The van der Waals surface area contributed by atoms with Gasteiger partial charge in [-0.15, -0.1) is 0 Å². The summed E-state index contributed by atoms with van der Waals surface area (Å²) in [6.45, 7) is 7.98. The van der Waals surface area contributed by atoms with E-state index in [0.29, 0.717) is 58.7 Å². The van der Waals surface area contributed by atoms with Gasteiger partial charge in [0.1, 0.15) is 17.2 Å². The average molecular weight is 644 g/mol. The summed E-state index contributed by atoms with van der Waals surface area (Å²) in [4.78, 5) is 27.1. The summed E-state index contributed by atoms with van der Waals surface area (Å²) in [5.41, 5.74) is 5.53. The molecule has 4 aromatic rings. The van der Waals surface area contributed by atoms with Gasteiger partial charge in [0.05, 0.1) is 33.0 Å². The molecule has 0 saturated heterocycles. The maximum Gasteiger partial charge on any atom is 0.306 e. The third-order valence-corrected chi connectivity index (χ3v) is 7.89. The van der Waals surface area contributed by atoms with E-state index in [2.05, 4.69) is 47.4 Å². The molecule has 4 rings (SSSR count). The van der Waals surface area contributed by atoms with Gasteiger partial charge in [0, 0.05) is 30.6 Å². The summed E-state index contributed by atoms with van der Waals surface area (Å²) in [6, 6.07) is 20.6. The topological polar surface area (TPSA) is 96.1 Å². The molecule has 0 saturated carbocycles. The third-order valence-electron chi connectivity index (χ3n) is 7.89. The molecule has 1 N–H and O–H groups in total. The van der Waals surface area contributed by atoms with Gasteiger partial charge in [-0.2, -0.15) is 0 Å². The quantitative estimate of drug-likeness (QED) is 0.0717. The summed E-state index contributed by atoms with van der Waals surface area (Å²) >= 11 is 0. The van der Waals surface area contributed by atoms with Crippen LogP contribution in [-0.4, -0.2) is 50.0 Å². The van der Waals surface area contributed by atoms with E-state index < -0.39 is 0 Å². The van der Waals surface area contributed by atoms with Crippen molar-refractivity contribution in [3.63, 3.8) is 0 Å². The molecule has 0 unspecified atom stereocenters. The molecular formula is C39H49NO7. The molecule has 0 radical (unpaired) electrons. The Bertz CT molecular complexity index is 1560. The number of benzene rings is 3. The monoisotopic (exact) mass is 643 g/mol. The molecule has 0 aliphatic rings. The zero-order valence-corrected chi connectivity index (χ0v) is 28.1. The Morgan fingerprint density at radius 1 is 0.638 bits per heavy atom. The fourth-order valence-electron chi connectivity index (χ4n) is 5.62. The number of unbranched alkanes of at least 4 members (excludes halogenated alkanes) is 3. The van der Waals surface area contributed by atoms with Crippen LogP contribution in [0.5, 0.6) is 17.2 Å². The van der Waals surface area contributed by atoms with Crippen molar-refractivity contribution in [1.82, 2.24) is 4.98 Å². The van der Waals surface area contributed by atoms with Crippen molar-refractivity contribution >= 4 is 22.8 Å². The molecule has 0 aliphatic heterocycles. The van der Waals surface area contributed by atoms with Gasteiger partial charge in [-0.25, -0.2) is 0 Å². The second-order valence-corrected chi connectivity index (χ2v) is 11.4. The summed E-state index contributed by atoms with van der Waals surface area (Å²) in [5.74, 6) is 1.96. The van der Waals surface area contributed by atoms with Crippen molar-refractivity contribution in [3.05, 3.63) is 78.0 Å². The fourth-order valence-corrected chi connectivity index (χ4v) is 5.62. The maximum absolute atomic E-state index is 12.1. The molecule has 8 nitrogen and oxygen atoms in total. The molecule has 0 atom stereocenters. The Morgan fingerprint density at radius 2 is 1.38 bits per heavy atom. The molecule has 0 spiro atoms. The first kappa shape index (κ1) is 35.4. The normalized spacial score (nSPS) is 11.0. The number of aromatic nitrogens is 1. The Balaban J connectivity index is 1.28. The Kier molecular flexibility index (Phi) is 14.5. The Morgan fingerprint density at radius 3 is 2.17 bits per heavy atom. The molecule has 0 fully saturated rings. The highest BCUT2D eigenvalue weighted by Gasteiger charge is 2.13. The lowest BCUT2D eigenvalue weighted by molar-refractivity contribution is -0.144. The molecule has 0 aliphatic carbocycles. The second kappa shape index (κ2) is 19.3. The first-order valence-corrected chi connectivity index (χ1v) is 17.0. The number of esters is 2. The van der Waals surface area contributed by atoms with E-state index in [-0.39, 0.29) is 11.9 Å². The Labute approximate surface area is 278 Å². The number of aromatic amines is 1. The van der Waals surface area contributed by atoms with Crippen LogP contribution < -0.4 is 14.2 Å². The zero-order chi connectivity index (χ0) is 33.3. The van der Waals surface area contributed by atoms with E-state index in [0.717, 1.165) is 71.6 Å². The summed E-state index contributed by atoms with van der Waals surface area (Å²) < 4.78 is 28.3. The van der Waals surface area contributed by atoms with Crippen LogP contribution in [-0.2, 0) is 31.9 Å². The number of carbonyl (C=O) groups is 2. The Hall–Kier alpha value is -4.46.